The van der Waals surface area contributed by atoms with Crippen molar-refractivity contribution in [2.75, 3.05) is 13.2 Å². The number of benzene rings is 1. The maximum absolute atomic E-state index is 12.7. The SMILES string of the molecule is CCOP(=O)(OCC)C(=N)I(OS(=O)(=O)C(F)(F)F)c1ccccc1. The molecule has 7 nitrogen and oxygen atoms in total. The van der Waals surface area contributed by atoms with E-state index in [0.29, 0.717) is 0 Å². The summed E-state index contributed by atoms with van der Waals surface area (Å²) in [5.41, 5.74) is -5.67. The third-order valence-electron chi connectivity index (χ3n) is 2.36. The van der Waals surface area contributed by atoms with E-state index < -0.39 is 46.9 Å². The van der Waals surface area contributed by atoms with Gasteiger partial charge in [-0.3, -0.25) is 0 Å². The predicted molar refractivity (Wildman–Crippen MR) is 93.8 cm³/mol. The Kier molecular flexibility index (Phi) is 8.02. The third-order valence-corrected chi connectivity index (χ3v) is 13.0. The Bertz CT molecular complexity index is 733. The van der Waals surface area contributed by atoms with Crippen LogP contribution in [0.1, 0.15) is 13.8 Å². The first kappa shape index (κ1) is 22.5. The average molecular weight is 517 g/mol. The summed E-state index contributed by atoms with van der Waals surface area (Å²) in [5, 5.41) is 8.03. The zero-order chi connectivity index (χ0) is 19.3. The van der Waals surface area contributed by atoms with Crippen molar-refractivity contribution in [1.29, 1.82) is 5.41 Å². The second kappa shape index (κ2) is 8.91. The van der Waals surface area contributed by atoms with Gasteiger partial charge in [0, 0.05) is 0 Å². The normalized spacial score (nSPS) is 13.6. The molecule has 0 fully saturated rings. The molecule has 0 radical (unpaired) electrons. The van der Waals surface area contributed by atoms with Gasteiger partial charge in [-0.05, 0) is 0 Å². The summed E-state index contributed by atoms with van der Waals surface area (Å²) in [5.74, 6) is 0. The fourth-order valence-corrected chi connectivity index (χ4v) is 11.4. The minimum absolute atomic E-state index is 0.0316. The van der Waals surface area contributed by atoms with E-state index in [4.69, 9.17) is 14.5 Å². The van der Waals surface area contributed by atoms with Crippen LogP contribution >= 0.6 is 27.8 Å². The van der Waals surface area contributed by atoms with Gasteiger partial charge in [-0.2, -0.15) is 0 Å². The minimum atomic E-state index is -5.98. The molecule has 0 saturated heterocycles. The van der Waals surface area contributed by atoms with E-state index in [0.717, 1.165) is 0 Å². The molecule has 0 aliphatic heterocycles. The van der Waals surface area contributed by atoms with Crippen molar-refractivity contribution in [3.8, 4) is 0 Å². The van der Waals surface area contributed by atoms with Crippen molar-refractivity contribution in [3.63, 3.8) is 0 Å². The van der Waals surface area contributed by atoms with Crippen LogP contribution in [0.4, 0.5) is 13.2 Å². The van der Waals surface area contributed by atoms with Crippen molar-refractivity contribution in [1.82, 2.24) is 0 Å². The molecule has 1 rings (SSSR count). The van der Waals surface area contributed by atoms with Crippen molar-refractivity contribution in [2.24, 2.45) is 0 Å². The Balaban J connectivity index is 3.38. The van der Waals surface area contributed by atoms with E-state index >= 15 is 0 Å². The van der Waals surface area contributed by atoms with Crippen LogP contribution in [0.3, 0.4) is 0 Å². The van der Waals surface area contributed by atoms with Crippen molar-refractivity contribution in [3.05, 3.63) is 33.9 Å². The summed E-state index contributed by atoms with van der Waals surface area (Å²) < 4.78 is 86.8. The number of alkyl halides is 3. The third kappa shape index (κ3) is 5.73. The first-order chi connectivity index (χ1) is 11.5. The molecule has 0 heterocycles. The summed E-state index contributed by atoms with van der Waals surface area (Å²) in [7, 11) is -10.3. The Morgan fingerprint density at radius 2 is 1.64 bits per heavy atom. The number of halogens is 4. The Labute approximate surface area is 151 Å². The second-order valence-electron chi connectivity index (χ2n) is 4.13. The molecule has 0 aromatic heterocycles. The summed E-state index contributed by atoms with van der Waals surface area (Å²) in [6, 6.07) is 7.01. The van der Waals surface area contributed by atoms with Gasteiger partial charge in [-0.25, -0.2) is 0 Å². The molecule has 0 amide bonds. The zero-order valence-electron chi connectivity index (χ0n) is 13.1. The van der Waals surface area contributed by atoms with Crippen LogP contribution in [-0.4, -0.2) is 30.6 Å². The molecular weight excluding hydrogens is 501 g/mol. The molecular formula is C12H16F3INO6PS. The molecule has 0 aliphatic rings. The fourth-order valence-electron chi connectivity index (χ4n) is 1.40. The Hall–Kier alpha value is -0.530. The van der Waals surface area contributed by atoms with Crippen LogP contribution in [0.2, 0.25) is 0 Å². The monoisotopic (exact) mass is 517 g/mol. The average Bonchev–Trinajstić information content (AvgIpc) is 2.52. The molecule has 0 bridgehead atoms. The fraction of sp³-hybridized carbons (Fsp3) is 0.417. The second-order valence-corrected chi connectivity index (χ2v) is 13.3. The molecule has 144 valence electrons. The van der Waals surface area contributed by atoms with Gasteiger partial charge in [0.1, 0.15) is 0 Å². The van der Waals surface area contributed by atoms with Crippen LogP contribution in [0.5, 0.6) is 0 Å². The van der Waals surface area contributed by atoms with E-state index in [-0.39, 0.29) is 16.8 Å². The molecule has 13 heteroatoms. The number of hydrogen-bond donors (Lipinski definition) is 1. The molecule has 0 aliphatic carbocycles. The van der Waals surface area contributed by atoms with Gasteiger partial charge in [0.15, 0.2) is 0 Å². The first-order valence-corrected chi connectivity index (χ1v) is 12.7. The summed E-state index contributed by atoms with van der Waals surface area (Å²) in [6.07, 6.45) is 0. The predicted octanol–water partition coefficient (Wildman–Crippen LogP) is 4.34. The van der Waals surface area contributed by atoms with Gasteiger partial charge in [0.05, 0.1) is 0 Å². The van der Waals surface area contributed by atoms with Crippen molar-refractivity contribution < 1.29 is 37.7 Å². The van der Waals surface area contributed by atoms with Gasteiger partial charge in [-0.15, -0.1) is 0 Å². The maximum atomic E-state index is 12.7. The molecule has 1 aromatic carbocycles. The van der Waals surface area contributed by atoms with Crippen LogP contribution in [0.25, 0.3) is 0 Å². The first-order valence-electron chi connectivity index (χ1n) is 6.73. The van der Waals surface area contributed by atoms with E-state index in [1.165, 1.54) is 38.1 Å². The van der Waals surface area contributed by atoms with Crippen LogP contribution < -0.4 is 0 Å². The van der Waals surface area contributed by atoms with Gasteiger partial charge in [0.25, 0.3) is 0 Å². The Morgan fingerprint density at radius 1 is 1.16 bits per heavy atom. The molecule has 0 unspecified atom stereocenters. The summed E-state index contributed by atoms with van der Waals surface area (Å²) >= 11 is -4.06. The van der Waals surface area contributed by atoms with Gasteiger partial charge in [0.2, 0.25) is 0 Å². The molecule has 1 N–H and O–H groups in total. The number of rotatable bonds is 9. The van der Waals surface area contributed by atoms with E-state index in [2.05, 4.69) is 2.51 Å². The molecule has 1 aromatic rings. The summed E-state index contributed by atoms with van der Waals surface area (Å²) in [6.45, 7) is 2.61. The number of hydrogen-bond acceptors (Lipinski definition) is 7. The zero-order valence-corrected chi connectivity index (χ0v) is 17.0. The van der Waals surface area contributed by atoms with Gasteiger partial charge >= 0.3 is 151 Å². The molecule has 25 heavy (non-hydrogen) atoms. The van der Waals surface area contributed by atoms with Crippen LogP contribution in [-0.2, 0) is 26.2 Å². The van der Waals surface area contributed by atoms with E-state index in [1.807, 2.05) is 0 Å². The standard InChI is InChI=1S/C12H16F3INO6PS/c1-3-21-24(18,22-4-2)11(17)16(10-8-6-5-7-9-10)23-25(19,20)12(13,14)15/h5-9,17H,3-4H2,1-2H3. The Morgan fingerprint density at radius 3 is 2.04 bits per heavy atom. The molecule has 0 saturated carbocycles. The van der Waals surface area contributed by atoms with E-state index in [9.17, 15) is 26.2 Å². The van der Waals surface area contributed by atoms with Crippen molar-refractivity contribution in [2.45, 2.75) is 19.4 Å². The topological polar surface area (TPSA) is 103 Å². The van der Waals surface area contributed by atoms with E-state index in [1.54, 1.807) is 6.07 Å². The van der Waals surface area contributed by atoms with Crippen molar-refractivity contribution >= 4 is 41.4 Å². The summed E-state index contributed by atoms with van der Waals surface area (Å²) in [4.78, 5) is 0. The number of nitrogens with one attached hydrogen (secondary N) is 1. The molecule has 0 spiro atoms. The van der Waals surface area contributed by atoms with Gasteiger partial charge < -0.3 is 0 Å². The van der Waals surface area contributed by atoms with Gasteiger partial charge in [-0.1, -0.05) is 0 Å². The van der Waals surface area contributed by atoms with Crippen LogP contribution in [0, 0.1) is 8.98 Å². The molecule has 0 atom stereocenters. The quantitative estimate of drug-likeness (QED) is 0.226. The van der Waals surface area contributed by atoms with Crippen LogP contribution in [0.15, 0.2) is 30.3 Å².